The van der Waals surface area contributed by atoms with Crippen molar-refractivity contribution in [1.29, 1.82) is 0 Å². The smallest absolute Gasteiger partial charge is 0.377 e. The number of carboxylic acids is 1. The maximum atomic E-state index is 10.5. The molecule has 4 N–H and O–H groups in total. The predicted molar refractivity (Wildman–Crippen MR) is 52.8 cm³/mol. The minimum absolute atomic E-state index is 0.0316. The Hall–Kier alpha value is -2.57. The van der Waals surface area contributed by atoms with E-state index in [1.807, 2.05) is 0 Å². The van der Waals surface area contributed by atoms with Crippen molar-refractivity contribution < 1.29 is 19.5 Å². The maximum Gasteiger partial charge on any atom is 0.377 e. The number of hydrogen-bond donors (Lipinski definition) is 3. The van der Waals surface area contributed by atoms with Crippen LogP contribution in [0.4, 0.5) is 5.69 Å². The molecule has 2 aromatic rings. The van der Waals surface area contributed by atoms with Gasteiger partial charge in [0.05, 0.1) is 5.69 Å². The lowest BCUT2D eigenvalue weighted by molar-refractivity contribution is 0.0680. The minimum Gasteiger partial charge on any atom is -0.506 e. The Balaban J connectivity index is 2.42. The van der Waals surface area contributed by atoms with Crippen molar-refractivity contribution in [2.75, 3.05) is 5.73 Å². The zero-order chi connectivity index (χ0) is 11.7. The molecule has 0 amide bonds. The van der Waals surface area contributed by atoms with E-state index in [1.165, 1.54) is 18.2 Å². The highest BCUT2D eigenvalue weighted by molar-refractivity contribution is 5.83. The van der Waals surface area contributed by atoms with Crippen molar-refractivity contribution in [3.05, 3.63) is 24.0 Å². The Morgan fingerprint density at radius 1 is 1.44 bits per heavy atom. The Kier molecular flexibility index (Phi) is 2.20. The zero-order valence-corrected chi connectivity index (χ0v) is 7.91. The number of phenols is 1. The topological polar surface area (TPSA) is 122 Å². The number of aromatic hydroxyl groups is 1. The second kappa shape index (κ2) is 3.54. The van der Waals surface area contributed by atoms with Gasteiger partial charge in [-0.3, -0.25) is 0 Å². The molecule has 1 heterocycles. The van der Waals surface area contributed by atoms with E-state index in [-0.39, 0.29) is 17.3 Å². The second-order valence-corrected chi connectivity index (χ2v) is 3.00. The molecule has 1 aromatic heterocycles. The van der Waals surface area contributed by atoms with Gasteiger partial charge in [0.15, 0.2) is 0 Å². The molecule has 16 heavy (non-hydrogen) atoms. The molecule has 2 rings (SSSR count). The SMILES string of the molecule is Nc1cc(-c2nc(C(=O)O)no2)ccc1O. The summed E-state index contributed by atoms with van der Waals surface area (Å²) in [7, 11) is 0. The minimum atomic E-state index is -1.28. The molecule has 0 saturated carbocycles. The van der Waals surface area contributed by atoms with Crippen LogP contribution in [-0.4, -0.2) is 26.3 Å². The number of aromatic nitrogens is 2. The predicted octanol–water partition coefficient (Wildman–Crippen LogP) is 0.723. The second-order valence-electron chi connectivity index (χ2n) is 3.00. The normalized spacial score (nSPS) is 10.2. The number of nitrogens with two attached hydrogens (primary N) is 1. The monoisotopic (exact) mass is 221 g/mol. The van der Waals surface area contributed by atoms with E-state index in [0.29, 0.717) is 5.56 Å². The molecule has 0 unspecified atom stereocenters. The number of benzene rings is 1. The van der Waals surface area contributed by atoms with Gasteiger partial charge in [-0.05, 0) is 23.4 Å². The number of carbonyl (C=O) groups is 1. The summed E-state index contributed by atoms with van der Waals surface area (Å²) in [5.74, 6) is -1.74. The van der Waals surface area contributed by atoms with Crippen LogP contribution < -0.4 is 5.73 Å². The molecule has 0 fully saturated rings. The first-order valence-electron chi connectivity index (χ1n) is 4.24. The molecule has 0 aliphatic rings. The van der Waals surface area contributed by atoms with Gasteiger partial charge in [0.2, 0.25) is 0 Å². The van der Waals surface area contributed by atoms with Crippen LogP contribution >= 0.6 is 0 Å². The number of aromatic carboxylic acids is 1. The molecule has 7 heteroatoms. The Morgan fingerprint density at radius 2 is 2.19 bits per heavy atom. The number of hydrogen-bond acceptors (Lipinski definition) is 6. The van der Waals surface area contributed by atoms with E-state index in [4.69, 9.17) is 15.4 Å². The van der Waals surface area contributed by atoms with Crippen LogP contribution in [0, 0.1) is 0 Å². The molecule has 0 saturated heterocycles. The highest BCUT2D eigenvalue weighted by atomic mass is 16.5. The van der Waals surface area contributed by atoms with Gasteiger partial charge in [-0.1, -0.05) is 0 Å². The van der Waals surface area contributed by atoms with Crippen molar-refractivity contribution >= 4 is 11.7 Å². The summed E-state index contributed by atoms with van der Waals surface area (Å²) in [6, 6.07) is 4.26. The molecule has 82 valence electrons. The fourth-order valence-electron chi connectivity index (χ4n) is 1.12. The Labute approximate surface area is 89.1 Å². The fraction of sp³-hybridized carbons (Fsp3) is 0. The third-order valence-corrected chi connectivity index (χ3v) is 1.89. The third-order valence-electron chi connectivity index (χ3n) is 1.89. The van der Waals surface area contributed by atoms with E-state index in [9.17, 15) is 9.90 Å². The van der Waals surface area contributed by atoms with Gasteiger partial charge in [0.25, 0.3) is 11.7 Å². The highest BCUT2D eigenvalue weighted by Gasteiger charge is 2.14. The van der Waals surface area contributed by atoms with Gasteiger partial charge in [0.1, 0.15) is 5.75 Å². The summed E-state index contributed by atoms with van der Waals surface area (Å²) in [6.07, 6.45) is 0. The zero-order valence-electron chi connectivity index (χ0n) is 7.91. The molecule has 1 aromatic carbocycles. The van der Waals surface area contributed by atoms with Crippen LogP contribution in [0.5, 0.6) is 5.75 Å². The van der Waals surface area contributed by atoms with Crippen LogP contribution in [0.25, 0.3) is 11.5 Å². The van der Waals surface area contributed by atoms with Gasteiger partial charge >= 0.3 is 5.97 Å². The largest absolute Gasteiger partial charge is 0.506 e. The summed E-state index contributed by atoms with van der Waals surface area (Å²) < 4.78 is 4.73. The van der Waals surface area contributed by atoms with E-state index in [0.717, 1.165) is 0 Å². The molecule has 0 atom stereocenters. The quantitative estimate of drug-likeness (QED) is 0.504. The van der Waals surface area contributed by atoms with Crippen LogP contribution in [0.3, 0.4) is 0 Å². The maximum absolute atomic E-state index is 10.5. The van der Waals surface area contributed by atoms with Crippen molar-refractivity contribution in [1.82, 2.24) is 10.1 Å². The molecule has 0 aliphatic carbocycles. The van der Waals surface area contributed by atoms with E-state index in [2.05, 4.69) is 10.1 Å². The standard InChI is InChI=1S/C9H7N3O4/c10-5-3-4(1-2-6(5)13)8-11-7(9(14)15)12-16-8/h1-3,13H,10H2,(H,14,15). The molecule has 0 bridgehead atoms. The van der Waals surface area contributed by atoms with Crippen LogP contribution in [-0.2, 0) is 0 Å². The van der Waals surface area contributed by atoms with Gasteiger partial charge in [0, 0.05) is 5.56 Å². The number of anilines is 1. The third kappa shape index (κ3) is 1.65. The Bertz CT molecular complexity index is 549. The van der Waals surface area contributed by atoms with E-state index in [1.54, 1.807) is 0 Å². The molecular formula is C9H7N3O4. The van der Waals surface area contributed by atoms with Crippen LogP contribution in [0.1, 0.15) is 10.6 Å². The summed E-state index contributed by atoms with van der Waals surface area (Å²) in [5.41, 5.74) is 6.05. The van der Waals surface area contributed by atoms with E-state index < -0.39 is 11.8 Å². The lowest BCUT2D eigenvalue weighted by Crippen LogP contribution is -1.98. The first-order chi connectivity index (χ1) is 7.58. The fourth-order valence-corrected chi connectivity index (χ4v) is 1.12. The number of nitrogens with zero attached hydrogens (tertiary/aromatic N) is 2. The van der Waals surface area contributed by atoms with Gasteiger partial charge in [-0.15, -0.1) is 0 Å². The molecule has 0 radical (unpaired) electrons. The number of nitrogen functional groups attached to an aromatic ring is 1. The summed E-state index contributed by atoms with van der Waals surface area (Å²) in [6.45, 7) is 0. The average molecular weight is 221 g/mol. The van der Waals surface area contributed by atoms with Gasteiger partial charge in [-0.25, -0.2) is 4.79 Å². The van der Waals surface area contributed by atoms with Gasteiger partial charge in [-0.2, -0.15) is 4.98 Å². The van der Waals surface area contributed by atoms with Crippen molar-refractivity contribution in [3.8, 4) is 17.2 Å². The average Bonchev–Trinajstić information content (AvgIpc) is 2.71. The van der Waals surface area contributed by atoms with Crippen molar-refractivity contribution in [2.24, 2.45) is 0 Å². The first kappa shape index (κ1) is 9.97. The van der Waals surface area contributed by atoms with Gasteiger partial charge < -0.3 is 20.5 Å². The van der Waals surface area contributed by atoms with Crippen molar-refractivity contribution in [2.45, 2.75) is 0 Å². The Morgan fingerprint density at radius 3 is 2.75 bits per heavy atom. The molecule has 0 aliphatic heterocycles. The number of carboxylic acid groups (broad SMARTS) is 1. The summed E-state index contributed by atoms with van der Waals surface area (Å²) in [4.78, 5) is 14.2. The lowest BCUT2D eigenvalue weighted by atomic mass is 10.2. The van der Waals surface area contributed by atoms with Crippen molar-refractivity contribution in [3.63, 3.8) is 0 Å². The molecule has 0 spiro atoms. The summed E-state index contributed by atoms with van der Waals surface area (Å²) >= 11 is 0. The number of phenolic OH excluding ortho intramolecular Hbond substituents is 1. The summed E-state index contributed by atoms with van der Waals surface area (Å²) in [5, 5.41) is 21.0. The number of rotatable bonds is 2. The van der Waals surface area contributed by atoms with Crippen LogP contribution in [0.15, 0.2) is 22.7 Å². The molecular weight excluding hydrogens is 214 g/mol. The highest BCUT2D eigenvalue weighted by Crippen LogP contribution is 2.26. The van der Waals surface area contributed by atoms with Crippen LogP contribution in [0.2, 0.25) is 0 Å². The molecule has 7 nitrogen and oxygen atoms in total. The first-order valence-corrected chi connectivity index (χ1v) is 4.24. The van der Waals surface area contributed by atoms with E-state index >= 15 is 0 Å². The lowest BCUT2D eigenvalue weighted by Gasteiger charge is -1.99.